The summed E-state index contributed by atoms with van der Waals surface area (Å²) in [6.45, 7) is 9.99. The fraction of sp³-hybridized carbons (Fsp3) is 0.722. The van der Waals surface area contributed by atoms with Crippen LogP contribution in [-0.2, 0) is 17.7 Å². The molecule has 1 aromatic rings. The van der Waals surface area contributed by atoms with Gasteiger partial charge in [0.25, 0.3) is 0 Å². The molecule has 1 fully saturated rings. The lowest BCUT2D eigenvalue weighted by atomic mass is 10.1. The fourth-order valence-electron chi connectivity index (χ4n) is 3.47. The van der Waals surface area contributed by atoms with Gasteiger partial charge in [-0.05, 0) is 36.8 Å². The number of hydrogen-bond donors (Lipinski definition) is 1. The third-order valence-electron chi connectivity index (χ3n) is 4.82. The van der Waals surface area contributed by atoms with Gasteiger partial charge in [-0.15, -0.1) is 35.3 Å². The number of fused-ring (bicyclic) bond motifs is 1. The van der Waals surface area contributed by atoms with Crippen molar-refractivity contribution in [1.82, 2.24) is 15.1 Å². The van der Waals surface area contributed by atoms with E-state index in [4.69, 9.17) is 9.73 Å². The van der Waals surface area contributed by atoms with E-state index in [-0.39, 0.29) is 24.0 Å². The third kappa shape index (κ3) is 6.08. The Hall–Kier alpha value is -0.380. The van der Waals surface area contributed by atoms with Gasteiger partial charge in [0.1, 0.15) is 0 Å². The van der Waals surface area contributed by atoms with Crippen LogP contribution in [0.1, 0.15) is 23.8 Å². The first-order valence-corrected chi connectivity index (χ1v) is 9.99. The molecule has 1 saturated heterocycles. The molecule has 0 aliphatic carbocycles. The molecule has 3 rings (SSSR count). The number of thiophene rings is 1. The van der Waals surface area contributed by atoms with Crippen LogP contribution in [0.25, 0.3) is 0 Å². The highest BCUT2D eigenvalue weighted by Gasteiger charge is 2.19. The summed E-state index contributed by atoms with van der Waals surface area (Å²) < 4.78 is 5.49. The maximum absolute atomic E-state index is 5.49. The summed E-state index contributed by atoms with van der Waals surface area (Å²) in [4.78, 5) is 11.2. The van der Waals surface area contributed by atoms with Gasteiger partial charge in [0.05, 0.1) is 13.2 Å². The highest BCUT2D eigenvalue weighted by Crippen LogP contribution is 2.23. The van der Waals surface area contributed by atoms with Gasteiger partial charge < -0.3 is 15.0 Å². The van der Waals surface area contributed by atoms with Crippen LogP contribution in [-0.4, -0.2) is 68.7 Å². The molecule has 2 aliphatic heterocycles. The van der Waals surface area contributed by atoms with E-state index < -0.39 is 0 Å². The van der Waals surface area contributed by atoms with Crippen molar-refractivity contribution in [2.75, 3.05) is 53.0 Å². The number of ether oxygens (including phenoxy) is 1. The Bertz CT molecular complexity index is 545. The Balaban J connectivity index is 0.00000225. The lowest BCUT2D eigenvalue weighted by Crippen LogP contribution is -2.42. The first-order valence-electron chi connectivity index (χ1n) is 9.11. The Kier molecular flexibility index (Phi) is 8.95. The average molecular weight is 478 g/mol. The van der Waals surface area contributed by atoms with E-state index in [9.17, 15) is 0 Å². The van der Waals surface area contributed by atoms with Crippen LogP contribution >= 0.6 is 35.3 Å². The number of rotatable bonds is 6. The largest absolute Gasteiger partial charge is 0.381 e. The second-order valence-electron chi connectivity index (χ2n) is 6.74. The predicted octanol–water partition coefficient (Wildman–Crippen LogP) is 2.66. The van der Waals surface area contributed by atoms with Crippen LogP contribution in [0.3, 0.4) is 0 Å². The second-order valence-corrected chi connectivity index (χ2v) is 7.74. The smallest absolute Gasteiger partial charge is 0.193 e. The third-order valence-corrected chi connectivity index (χ3v) is 5.84. The minimum atomic E-state index is 0. The van der Waals surface area contributed by atoms with Gasteiger partial charge in [0.15, 0.2) is 5.96 Å². The number of halogens is 1. The van der Waals surface area contributed by atoms with E-state index in [1.54, 1.807) is 4.88 Å². The van der Waals surface area contributed by atoms with Crippen molar-refractivity contribution in [1.29, 1.82) is 0 Å². The van der Waals surface area contributed by atoms with Crippen LogP contribution in [0.5, 0.6) is 0 Å². The van der Waals surface area contributed by atoms with Crippen molar-refractivity contribution in [2.24, 2.45) is 10.9 Å². The van der Waals surface area contributed by atoms with Gasteiger partial charge in [-0.1, -0.05) is 0 Å². The molecule has 0 amide bonds. The topological polar surface area (TPSA) is 40.1 Å². The van der Waals surface area contributed by atoms with Gasteiger partial charge in [0, 0.05) is 57.2 Å². The van der Waals surface area contributed by atoms with Crippen molar-refractivity contribution in [2.45, 2.75) is 26.3 Å². The number of guanidine groups is 1. The highest BCUT2D eigenvalue weighted by atomic mass is 127. The predicted molar refractivity (Wildman–Crippen MR) is 116 cm³/mol. The Morgan fingerprint density at radius 2 is 2.40 bits per heavy atom. The molecule has 1 atom stereocenters. The van der Waals surface area contributed by atoms with Crippen molar-refractivity contribution < 1.29 is 4.74 Å². The number of nitrogens with one attached hydrogen (secondary N) is 1. The van der Waals surface area contributed by atoms with Crippen LogP contribution in [0, 0.1) is 5.92 Å². The average Bonchev–Trinajstić information content (AvgIpc) is 3.24. The Morgan fingerprint density at radius 3 is 3.16 bits per heavy atom. The SMILES string of the molecule is CCNC(=NCCN1CCc2sccc2C1)N(C)CC1CCOC1.I. The minimum absolute atomic E-state index is 0. The standard InChI is InChI=1S/C18H30N4OS.HI/c1-3-19-18(21(2)12-15-5-10-23-14-15)20-7-9-22-8-4-17-16(13-22)6-11-24-17;/h6,11,15H,3-5,7-10,12-14H2,1-2H3,(H,19,20);1H. The number of hydrogen-bond acceptors (Lipinski definition) is 4. The molecule has 0 aromatic carbocycles. The van der Waals surface area contributed by atoms with E-state index in [2.05, 4.69) is 40.5 Å². The quantitative estimate of drug-likeness (QED) is 0.388. The molecule has 25 heavy (non-hydrogen) atoms. The molecule has 5 nitrogen and oxygen atoms in total. The second kappa shape index (κ2) is 10.7. The first-order chi connectivity index (χ1) is 11.8. The molecule has 1 unspecified atom stereocenters. The molecular weight excluding hydrogens is 447 g/mol. The molecule has 3 heterocycles. The van der Waals surface area contributed by atoms with Gasteiger partial charge in [-0.3, -0.25) is 9.89 Å². The van der Waals surface area contributed by atoms with E-state index in [1.807, 2.05) is 11.3 Å². The molecule has 0 spiro atoms. The lowest BCUT2D eigenvalue weighted by molar-refractivity contribution is 0.181. The van der Waals surface area contributed by atoms with E-state index in [0.717, 1.165) is 58.4 Å². The Labute approximate surface area is 172 Å². The molecule has 1 aromatic heterocycles. The van der Waals surface area contributed by atoms with E-state index in [1.165, 1.54) is 18.4 Å². The summed E-state index contributed by atoms with van der Waals surface area (Å²) in [6, 6.07) is 2.27. The monoisotopic (exact) mass is 478 g/mol. The summed E-state index contributed by atoms with van der Waals surface area (Å²) >= 11 is 1.90. The zero-order valence-corrected chi connectivity index (χ0v) is 18.5. The van der Waals surface area contributed by atoms with Gasteiger partial charge in [-0.2, -0.15) is 0 Å². The molecule has 1 N–H and O–H groups in total. The molecule has 0 radical (unpaired) electrons. The van der Waals surface area contributed by atoms with E-state index in [0.29, 0.717) is 5.92 Å². The molecular formula is C18H31IN4OS. The zero-order chi connectivity index (χ0) is 16.8. The molecule has 0 bridgehead atoms. The highest BCUT2D eigenvalue weighted by molar-refractivity contribution is 14.0. The van der Waals surface area contributed by atoms with Crippen molar-refractivity contribution >= 4 is 41.3 Å². The number of nitrogens with zero attached hydrogens (tertiary/aromatic N) is 3. The van der Waals surface area contributed by atoms with Gasteiger partial charge >= 0.3 is 0 Å². The normalized spacial score (nSPS) is 20.9. The van der Waals surface area contributed by atoms with Gasteiger partial charge in [-0.25, -0.2) is 0 Å². The summed E-state index contributed by atoms with van der Waals surface area (Å²) in [7, 11) is 2.14. The summed E-state index contributed by atoms with van der Waals surface area (Å²) in [5.74, 6) is 1.66. The first kappa shape index (κ1) is 20.9. The molecule has 142 valence electrons. The molecule has 0 saturated carbocycles. The zero-order valence-electron chi connectivity index (χ0n) is 15.4. The van der Waals surface area contributed by atoms with Crippen molar-refractivity contribution in [3.63, 3.8) is 0 Å². The van der Waals surface area contributed by atoms with Crippen LogP contribution in [0.15, 0.2) is 16.4 Å². The maximum atomic E-state index is 5.49. The van der Waals surface area contributed by atoms with E-state index >= 15 is 0 Å². The van der Waals surface area contributed by atoms with Crippen LogP contribution in [0.2, 0.25) is 0 Å². The molecule has 7 heteroatoms. The number of aliphatic imine (C=N–C) groups is 1. The Morgan fingerprint density at radius 1 is 1.52 bits per heavy atom. The summed E-state index contributed by atoms with van der Waals surface area (Å²) in [6.07, 6.45) is 2.36. The van der Waals surface area contributed by atoms with Crippen molar-refractivity contribution in [3.05, 3.63) is 21.9 Å². The van der Waals surface area contributed by atoms with Gasteiger partial charge in [0.2, 0.25) is 0 Å². The van der Waals surface area contributed by atoms with Crippen LogP contribution < -0.4 is 5.32 Å². The fourth-order valence-corrected chi connectivity index (χ4v) is 4.36. The maximum Gasteiger partial charge on any atom is 0.193 e. The lowest BCUT2D eigenvalue weighted by Gasteiger charge is -2.27. The van der Waals surface area contributed by atoms with Crippen molar-refractivity contribution in [3.8, 4) is 0 Å². The van der Waals surface area contributed by atoms with Crippen LogP contribution in [0.4, 0.5) is 0 Å². The summed E-state index contributed by atoms with van der Waals surface area (Å²) in [5.41, 5.74) is 1.51. The molecule has 2 aliphatic rings. The summed E-state index contributed by atoms with van der Waals surface area (Å²) in [5, 5.41) is 5.64. The minimum Gasteiger partial charge on any atom is -0.381 e.